The van der Waals surface area contributed by atoms with Crippen LogP contribution < -0.4 is 16.2 Å². The van der Waals surface area contributed by atoms with Crippen LogP contribution in [0.4, 0.5) is 18.9 Å². The molecule has 0 unspecified atom stereocenters. The summed E-state index contributed by atoms with van der Waals surface area (Å²) >= 11 is 0. The highest BCUT2D eigenvalue weighted by Gasteiger charge is 2.31. The van der Waals surface area contributed by atoms with Crippen molar-refractivity contribution in [2.24, 2.45) is 0 Å². The summed E-state index contributed by atoms with van der Waals surface area (Å²) in [6.07, 6.45) is -3.81. The van der Waals surface area contributed by atoms with Crippen molar-refractivity contribution in [3.05, 3.63) is 64.1 Å². The summed E-state index contributed by atoms with van der Waals surface area (Å²) in [7, 11) is 1.52. The highest BCUT2D eigenvalue weighted by atomic mass is 19.4. The molecule has 0 fully saturated rings. The van der Waals surface area contributed by atoms with Gasteiger partial charge in [0, 0.05) is 25.0 Å². The van der Waals surface area contributed by atoms with E-state index in [0.29, 0.717) is 22.5 Å². The average Bonchev–Trinajstić information content (AvgIpc) is 2.57. The number of pyridine rings is 1. The topological polar surface area (TPSA) is 80.2 Å². The van der Waals surface area contributed by atoms with E-state index in [-0.39, 0.29) is 12.3 Å². The molecule has 1 heterocycles. The van der Waals surface area contributed by atoms with Gasteiger partial charge < -0.3 is 15.2 Å². The Morgan fingerprint density at radius 1 is 1.04 bits per heavy atom. The van der Waals surface area contributed by atoms with Gasteiger partial charge in [0.05, 0.1) is 12.0 Å². The Hall–Kier alpha value is -3.10. The van der Waals surface area contributed by atoms with Crippen molar-refractivity contribution in [2.45, 2.75) is 19.1 Å². The quantitative estimate of drug-likeness (QED) is 0.846. The van der Waals surface area contributed by atoms with E-state index < -0.39 is 29.8 Å². The fraction of sp³-hybridized carbons (Fsp3) is 0.235. The molecule has 1 aromatic carbocycles. The molecule has 6 nitrogen and oxygen atoms in total. The van der Waals surface area contributed by atoms with Crippen LogP contribution in [0.5, 0.6) is 0 Å². The SMILES string of the molecule is CNC(=O)Cc1ccc(NC(=O)Cn2cc(C(F)(F)F)ccc2=O)cc1. The zero-order chi connectivity index (χ0) is 19.3. The number of halogens is 3. The van der Waals surface area contributed by atoms with Gasteiger partial charge in [-0.1, -0.05) is 12.1 Å². The molecule has 2 amide bonds. The summed E-state index contributed by atoms with van der Waals surface area (Å²) in [6.45, 7) is -0.553. The number of likely N-dealkylation sites (N-methyl/N-ethyl adjacent to an activating group) is 1. The third kappa shape index (κ3) is 5.20. The molecule has 0 aliphatic carbocycles. The van der Waals surface area contributed by atoms with Crippen LogP contribution >= 0.6 is 0 Å². The van der Waals surface area contributed by atoms with Crippen LogP contribution in [0.15, 0.2) is 47.4 Å². The van der Waals surface area contributed by atoms with Gasteiger partial charge in [0.25, 0.3) is 5.56 Å². The van der Waals surface area contributed by atoms with Crippen molar-refractivity contribution < 1.29 is 22.8 Å². The molecule has 138 valence electrons. The van der Waals surface area contributed by atoms with Crippen molar-refractivity contribution in [3.63, 3.8) is 0 Å². The molecule has 2 rings (SSSR count). The predicted octanol–water partition coefficient (Wildman–Crippen LogP) is 1.79. The minimum absolute atomic E-state index is 0.161. The lowest BCUT2D eigenvalue weighted by Gasteiger charge is -2.11. The second-order valence-corrected chi connectivity index (χ2v) is 5.48. The molecule has 0 aliphatic heterocycles. The molecule has 9 heteroatoms. The fourth-order valence-corrected chi connectivity index (χ4v) is 2.16. The van der Waals surface area contributed by atoms with E-state index in [0.717, 1.165) is 11.6 Å². The first-order valence-corrected chi connectivity index (χ1v) is 7.56. The highest BCUT2D eigenvalue weighted by Crippen LogP contribution is 2.28. The number of hydrogen-bond acceptors (Lipinski definition) is 3. The molecule has 0 bridgehead atoms. The number of anilines is 1. The lowest BCUT2D eigenvalue weighted by molar-refractivity contribution is -0.138. The summed E-state index contributed by atoms with van der Waals surface area (Å²) in [5.41, 5.74) is -0.593. The summed E-state index contributed by atoms with van der Waals surface area (Å²) in [6, 6.07) is 7.84. The van der Waals surface area contributed by atoms with E-state index >= 15 is 0 Å². The number of amides is 2. The number of aromatic nitrogens is 1. The molecule has 0 spiro atoms. The smallest absolute Gasteiger partial charge is 0.359 e. The Balaban J connectivity index is 2.05. The van der Waals surface area contributed by atoms with Crippen LogP contribution in [0.1, 0.15) is 11.1 Å². The van der Waals surface area contributed by atoms with Gasteiger partial charge in [-0.3, -0.25) is 14.4 Å². The van der Waals surface area contributed by atoms with E-state index in [1.807, 2.05) is 0 Å². The molecule has 0 atom stereocenters. The molecule has 1 aromatic heterocycles. The Bertz CT molecular complexity index is 858. The van der Waals surface area contributed by atoms with Crippen molar-refractivity contribution in [2.75, 3.05) is 12.4 Å². The molecule has 26 heavy (non-hydrogen) atoms. The van der Waals surface area contributed by atoms with Crippen LogP contribution in [0.2, 0.25) is 0 Å². The van der Waals surface area contributed by atoms with Crippen LogP contribution in [0, 0.1) is 0 Å². The maximum Gasteiger partial charge on any atom is 0.417 e. The molecule has 2 aromatic rings. The zero-order valence-electron chi connectivity index (χ0n) is 13.8. The standard InChI is InChI=1S/C17H16F3N3O3/c1-21-14(24)8-11-2-5-13(6-3-11)22-15(25)10-23-9-12(17(18,19)20)4-7-16(23)26/h2-7,9H,8,10H2,1H3,(H,21,24)(H,22,25). The predicted molar refractivity (Wildman–Crippen MR) is 88.5 cm³/mol. The van der Waals surface area contributed by atoms with Gasteiger partial charge in [-0.2, -0.15) is 13.2 Å². The lowest BCUT2D eigenvalue weighted by Crippen LogP contribution is -2.28. The van der Waals surface area contributed by atoms with Crippen molar-refractivity contribution >= 4 is 17.5 Å². The number of benzene rings is 1. The number of rotatable bonds is 5. The molecule has 0 radical (unpaired) electrons. The van der Waals surface area contributed by atoms with Crippen LogP contribution in [0.3, 0.4) is 0 Å². The van der Waals surface area contributed by atoms with E-state index in [9.17, 15) is 27.6 Å². The van der Waals surface area contributed by atoms with Gasteiger partial charge in [0.15, 0.2) is 0 Å². The van der Waals surface area contributed by atoms with Crippen molar-refractivity contribution in [1.29, 1.82) is 0 Å². The number of carbonyl (C=O) groups excluding carboxylic acids is 2. The number of nitrogens with zero attached hydrogens (tertiary/aromatic N) is 1. The van der Waals surface area contributed by atoms with E-state index in [4.69, 9.17) is 0 Å². The Kier molecular flexibility index (Phi) is 5.81. The normalized spacial score (nSPS) is 11.1. The molecule has 2 N–H and O–H groups in total. The second-order valence-electron chi connectivity index (χ2n) is 5.48. The first kappa shape index (κ1) is 19.2. The maximum atomic E-state index is 12.7. The summed E-state index contributed by atoms with van der Waals surface area (Å²) in [5.74, 6) is -0.809. The van der Waals surface area contributed by atoms with Gasteiger partial charge in [0.2, 0.25) is 11.8 Å². The molecule has 0 saturated carbocycles. The number of carbonyl (C=O) groups is 2. The fourth-order valence-electron chi connectivity index (χ4n) is 2.16. The van der Waals surface area contributed by atoms with Crippen LogP contribution in [-0.2, 0) is 28.7 Å². The van der Waals surface area contributed by atoms with Crippen LogP contribution in [-0.4, -0.2) is 23.4 Å². The van der Waals surface area contributed by atoms with Gasteiger partial charge in [0.1, 0.15) is 6.54 Å². The third-order valence-electron chi connectivity index (χ3n) is 3.51. The van der Waals surface area contributed by atoms with E-state index in [1.165, 1.54) is 7.05 Å². The Labute approximate surface area is 146 Å². The summed E-state index contributed by atoms with van der Waals surface area (Å²) in [5, 5.41) is 4.98. The third-order valence-corrected chi connectivity index (χ3v) is 3.51. The van der Waals surface area contributed by atoms with Gasteiger partial charge in [-0.05, 0) is 23.8 Å². The first-order valence-electron chi connectivity index (χ1n) is 7.56. The van der Waals surface area contributed by atoms with Gasteiger partial charge >= 0.3 is 6.18 Å². The highest BCUT2D eigenvalue weighted by molar-refractivity contribution is 5.90. The Morgan fingerprint density at radius 2 is 1.69 bits per heavy atom. The van der Waals surface area contributed by atoms with Crippen molar-refractivity contribution in [1.82, 2.24) is 9.88 Å². The largest absolute Gasteiger partial charge is 0.417 e. The first-order chi connectivity index (χ1) is 12.2. The van der Waals surface area contributed by atoms with E-state index in [1.54, 1.807) is 24.3 Å². The zero-order valence-corrected chi connectivity index (χ0v) is 13.8. The van der Waals surface area contributed by atoms with Gasteiger partial charge in [-0.25, -0.2) is 0 Å². The van der Waals surface area contributed by atoms with E-state index in [2.05, 4.69) is 10.6 Å². The van der Waals surface area contributed by atoms with Gasteiger partial charge in [-0.15, -0.1) is 0 Å². The minimum Gasteiger partial charge on any atom is -0.359 e. The number of alkyl halides is 3. The Morgan fingerprint density at radius 3 is 2.27 bits per heavy atom. The van der Waals surface area contributed by atoms with Crippen LogP contribution in [0.25, 0.3) is 0 Å². The maximum absolute atomic E-state index is 12.7. The van der Waals surface area contributed by atoms with Crippen molar-refractivity contribution in [3.8, 4) is 0 Å². The summed E-state index contributed by atoms with van der Waals surface area (Å²) in [4.78, 5) is 34.9. The molecular formula is C17H16F3N3O3. The number of nitrogens with one attached hydrogen (secondary N) is 2. The number of hydrogen-bond donors (Lipinski definition) is 2. The average molecular weight is 367 g/mol. The molecule has 0 aliphatic rings. The minimum atomic E-state index is -4.60. The second kappa shape index (κ2) is 7.85. The molecular weight excluding hydrogens is 351 g/mol. The molecule has 0 saturated heterocycles. The lowest BCUT2D eigenvalue weighted by atomic mass is 10.1. The monoisotopic (exact) mass is 367 g/mol. The summed E-state index contributed by atoms with van der Waals surface area (Å²) < 4.78 is 38.8.